The lowest BCUT2D eigenvalue weighted by Gasteiger charge is -2.23. The van der Waals surface area contributed by atoms with E-state index in [1.807, 2.05) is 13.8 Å². The molecule has 1 rings (SSSR count). The summed E-state index contributed by atoms with van der Waals surface area (Å²) < 4.78 is 37.6. The quantitative estimate of drug-likeness (QED) is 0.859. The monoisotopic (exact) mass is 246 g/mol. The topological polar surface area (TPSA) is 20.2 Å². The first-order valence-electron chi connectivity index (χ1n) is 5.58. The van der Waals surface area contributed by atoms with Crippen LogP contribution in [-0.4, -0.2) is 11.2 Å². The van der Waals surface area contributed by atoms with E-state index in [4.69, 9.17) is 0 Å². The van der Waals surface area contributed by atoms with E-state index in [-0.39, 0.29) is 11.8 Å². The number of aliphatic hydroxyl groups is 1. The van der Waals surface area contributed by atoms with Gasteiger partial charge in [-0.25, -0.2) is 0 Å². The molecule has 1 aromatic rings. The molecule has 4 heteroatoms. The van der Waals surface area contributed by atoms with E-state index < -0.39 is 17.8 Å². The van der Waals surface area contributed by atoms with Crippen LogP contribution in [0.1, 0.15) is 37.8 Å². The fraction of sp³-hybridized carbons (Fsp3) is 0.538. The van der Waals surface area contributed by atoms with Crippen molar-refractivity contribution in [3.05, 3.63) is 35.4 Å². The van der Waals surface area contributed by atoms with Crippen molar-refractivity contribution in [3.8, 4) is 0 Å². The normalized spacial score (nSPS) is 16.0. The summed E-state index contributed by atoms with van der Waals surface area (Å²) in [5.74, 6) is -0.295. The van der Waals surface area contributed by atoms with Crippen LogP contribution in [-0.2, 0) is 6.18 Å². The number of rotatable bonds is 3. The summed E-state index contributed by atoms with van der Waals surface area (Å²) in [6.07, 6.45) is -4.98. The Morgan fingerprint density at radius 2 is 1.71 bits per heavy atom. The second kappa shape index (κ2) is 5.08. The standard InChI is InChI=1S/C13H17F3O/c1-8(2)12(17)9(3)10-5-4-6-11(7-10)13(14,15)16/h4-9,12,17H,1-3H3. The molecule has 0 amide bonds. The van der Waals surface area contributed by atoms with Crippen LogP contribution >= 0.6 is 0 Å². The number of halogens is 3. The number of hydrogen-bond donors (Lipinski definition) is 1. The molecule has 2 atom stereocenters. The van der Waals surface area contributed by atoms with Crippen LogP contribution in [0, 0.1) is 5.92 Å². The molecule has 1 N–H and O–H groups in total. The van der Waals surface area contributed by atoms with Crippen LogP contribution in [0.5, 0.6) is 0 Å². The van der Waals surface area contributed by atoms with Crippen LogP contribution < -0.4 is 0 Å². The van der Waals surface area contributed by atoms with Gasteiger partial charge < -0.3 is 5.11 Å². The van der Waals surface area contributed by atoms with Crippen LogP contribution in [0.25, 0.3) is 0 Å². The first-order chi connectivity index (χ1) is 7.73. The molecule has 2 unspecified atom stereocenters. The van der Waals surface area contributed by atoms with Crippen LogP contribution in [0.4, 0.5) is 13.2 Å². The van der Waals surface area contributed by atoms with Crippen molar-refractivity contribution in [2.24, 2.45) is 5.92 Å². The first-order valence-corrected chi connectivity index (χ1v) is 5.58. The highest BCUT2D eigenvalue weighted by molar-refractivity contribution is 5.28. The molecule has 0 aliphatic rings. The molecule has 17 heavy (non-hydrogen) atoms. The summed E-state index contributed by atoms with van der Waals surface area (Å²) in [5.41, 5.74) is -0.154. The fourth-order valence-electron chi connectivity index (χ4n) is 1.77. The second-order valence-corrected chi connectivity index (χ2v) is 4.65. The molecule has 96 valence electrons. The van der Waals surface area contributed by atoms with E-state index in [1.54, 1.807) is 13.0 Å². The zero-order valence-electron chi connectivity index (χ0n) is 10.1. The molecule has 0 heterocycles. The number of benzene rings is 1. The van der Waals surface area contributed by atoms with Gasteiger partial charge in [0.1, 0.15) is 0 Å². The molecule has 0 saturated carbocycles. The average Bonchev–Trinajstić information content (AvgIpc) is 2.26. The average molecular weight is 246 g/mol. The molecule has 0 aliphatic heterocycles. The van der Waals surface area contributed by atoms with Crippen LogP contribution in [0.2, 0.25) is 0 Å². The van der Waals surface area contributed by atoms with Crippen LogP contribution in [0.3, 0.4) is 0 Å². The van der Waals surface area contributed by atoms with Crippen molar-refractivity contribution in [3.63, 3.8) is 0 Å². The van der Waals surface area contributed by atoms with E-state index in [0.717, 1.165) is 12.1 Å². The van der Waals surface area contributed by atoms with Gasteiger partial charge in [0, 0.05) is 5.92 Å². The number of alkyl halides is 3. The van der Waals surface area contributed by atoms with Crippen LogP contribution in [0.15, 0.2) is 24.3 Å². The Morgan fingerprint density at radius 1 is 1.12 bits per heavy atom. The highest BCUT2D eigenvalue weighted by Gasteiger charge is 2.31. The lowest BCUT2D eigenvalue weighted by molar-refractivity contribution is -0.137. The predicted molar refractivity (Wildman–Crippen MR) is 60.7 cm³/mol. The van der Waals surface area contributed by atoms with E-state index in [2.05, 4.69) is 0 Å². The predicted octanol–water partition coefficient (Wildman–Crippen LogP) is 3.83. The minimum atomic E-state index is -4.33. The molecule has 0 radical (unpaired) electrons. The molecule has 1 aromatic carbocycles. The number of hydrogen-bond acceptors (Lipinski definition) is 1. The maximum atomic E-state index is 12.5. The molecule has 0 aromatic heterocycles. The Hall–Kier alpha value is -1.03. The largest absolute Gasteiger partial charge is 0.416 e. The third kappa shape index (κ3) is 3.46. The maximum absolute atomic E-state index is 12.5. The highest BCUT2D eigenvalue weighted by Crippen LogP contribution is 2.32. The molecule has 0 fully saturated rings. The van der Waals surface area contributed by atoms with Gasteiger partial charge in [-0.2, -0.15) is 13.2 Å². The molecular weight excluding hydrogens is 229 g/mol. The van der Waals surface area contributed by atoms with Crippen molar-refractivity contribution < 1.29 is 18.3 Å². The van der Waals surface area contributed by atoms with Crippen molar-refractivity contribution >= 4 is 0 Å². The Labute approximate surface area is 99.3 Å². The van der Waals surface area contributed by atoms with Gasteiger partial charge in [0.05, 0.1) is 11.7 Å². The Balaban J connectivity index is 3.00. The minimum absolute atomic E-state index is 0.0135. The third-order valence-corrected chi connectivity index (χ3v) is 2.94. The van der Waals surface area contributed by atoms with Crippen molar-refractivity contribution in [2.75, 3.05) is 0 Å². The molecular formula is C13H17F3O. The third-order valence-electron chi connectivity index (χ3n) is 2.94. The molecule has 0 aliphatic carbocycles. The lowest BCUT2D eigenvalue weighted by Crippen LogP contribution is -2.22. The minimum Gasteiger partial charge on any atom is -0.392 e. The van der Waals surface area contributed by atoms with E-state index in [0.29, 0.717) is 5.56 Å². The summed E-state index contributed by atoms with van der Waals surface area (Å²) in [6.45, 7) is 5.42. The molecule has 0 spiro atoms. The SMILES string of the molecule is CC(C)C(O)C(C)c1cccc(C(F)(F)F)c1. The van der Waals surface area contributed by atoms with Gasteiger partial charge in [0.2, 0.25) is 0 Å². The molecule has 0 saturated heterocycles. The van der Waals surface area contributed by atoms with E-state index >= 15 is 0 Å². The summed E-state index contributed by atoms with van der Waals surface area (Å²) in [4.78, 5) is 0. The van der Waals surface area contributed by atoms with Gasteiger partial charge in [-0.15, -0.1) is 0 Å². The fourth-order valence-corrected chi connectivity index (χ4v) is 1.77. The zero-order valence-corrected chi connectivity index (χ0v) is 10.1. The first kappa shape index (κ1) is 14.0. The Morgan fingerprint density at radius 3 is 2.18 bits per heavy atom. The summed E-state index contributed by atoms with van der Waals surface area (Å²) in [5, 5.41) is 9.86. The Bertz CT molecular complexity index is 371. The van der Waals surface area contributed by atoms with E-state index in [9.17, 15) is 18.3 Å². The molecule has 1 nitrogen and oxygen atoms in total. The smallest absolute Gasteiger partial charge is 0.392 e. The van der Waals surface area contributed by atoms with Gasteiger partial charge >= 0.3 is 6.18 Å². The number of aliphatic hydroxyl groups excluding tert-OH is 1. The van der Waals surface area contributed by atoms with Crippen molar-refractivity contribution in [1.82, 2.24) is 0 Å². The highest BCUT2D eigenvalue weighted by atomic mass is 19.4. The van der Waals surface area contributed by atoms with E-state index in [1.165, 1.54) is 6.07 Å². The summed E-state index contributed by atoms with van der Waals surface area (Å²) in [7, 11) is 0. The van der Waals surface area contributed by atoms with Gasteiger partial charge in [-0.3, -0.25) is 0 Å². The Kier molecular flexibility index (Phi) is 4.20. The zero-order chi connectivity index (χ0) is 13.2. The van der Waals surface area contributed by atoms with Crippen molar-refractivity contribution in [1.29, 1.82) is 0 Å². The maximum Gasteiger partial charge on any atom is 0.416 e. The van der Waals surface area contributed by atoms with Crippen molar-refractivity contribution in [2.45, 2.75) is 39.0 Å². The van der Waals surface area contributed by atoms with Gasteiger partial charge in [0.15, 0.2) is 0 Å². The summed E-state index contributed by atoms with van der Waals surface area (Å²) in [6, 6.07) is 5.14. The molecule has 0 bridgehead atoms. The van der Waals surface area contributed by atoms with Gasteiger partial charge in [0.25, 0.3) is 0 Å². The van der Waals surface area contributed by atoms with Gasteiger partial charge in [-0.05, 0) is 17.5 Å². The van der Waals surface area contributed by atoms with Gasteiger partial charge in [-0.1, -0.05) is 39.0 Å². The lowest BCUT2D eigenvalue weighted by atomic mass is 9.88. The second-order valence-electron chi connectivity index (χ2n) is 4.65. The summed E-state index contributed by atoms with van der Waals surface area (Å²) >= 11 is 0.